The molecular weight excluding hydrogens is 199 g/mol. The van der Waals surface area contributed by atoms with Gasteiger partial charge in [0.25, 0.3) is 0 Å². The number of fused-ring (bicyclic) bond motifs is 1. The van der Waals surface area contributed by atoms with Gasteiger partial charge in [-0.2, -0.15) is 0 Å². The van der Waals surface area contributed by atoms with Crippen molar-refractivity contribution in [3.63, 3.8) is 0 Å². The highest BCUT2D eigenvalue weighted by Crippen LogP contribution is 2.22. The van der Waals surface area contributed by atoms with E-state index in [9.17, 15) is 9.18 Å². The van der Waals surface area contributed by atoms with Gasteiger partial charge in [-0.1, -0.05) is 0 Å². The van der Waals surface area contributed by atoms with Crippen LogP contribution in [0.4, 0.5) is 4.39 Å². The SMILES string of the molecule is O=[C]OCCc1coc2cc(F)ccc12. The van der Waals surface area contributed by atoms with Crippen LogP contribution in [0.1, 0.15) is 5.56 Å². The minimum atomic E-state index is -0.333. The lowest BCUT2D eigenvalue weighted by Crippen LogP contribution is -1.95. The maximum Gasteiger partial charge on any atom is 0.417 e. The quantitative estimate of drug-likeness (QED) is 0.721. The molecule has 1 aromatic heterocycles. The largest absolute Gasteiger partial charge is 0.464 e. The predicted octanol–water partition coefficient (Wildman–Crippen LogP) is 2.20. The Balaban J connectivity index is 2.24. The molecule has 3 nitrogen and oxygen atoms in total. The van der Waals surface area contributed by atoms with E-state index >= 15 is 0 Å². The molecule has 1 radical (unpaired) electrons. The molecule has 0 spiro atoms. The number of rotatable bonds is 4. The van der Waals surface area contributed by atoms with Crippen molar-refractivity contribution < 1.29 is 18.3 Å². The van der Waals surface area contributed by atoms with Crippen molar-refractivity contribution in [2.45, 2.75) is 6.42 Å². The van der Waals surface area contributed by atoms with Crippen LogP contribution in [0.15, 0.2) is 28.9 Å². The van der Waals surface area contributed by atoms with Crippen LogP contribution < -0.4 is 0 Å². The molecule has 77 valence electrons. The monoisotopic (exact) mass is 207 g/mol. The number of furan rings is 1. The molecule has 0 aliphatic heterocycles. The summed E-state index contributed by atoms with van der Waals surface area (Å²) in [5.41, 5.74) is 1.39. The lowest BCUT2D eigenvalue weighted by atomic mass is 10.1. The van der Waals surface area contributed by atoms with Crippen LogP contribution in [0.2, 0.25) is 0 Å². The van der Waals surface area contributed by atoms with E-state index in [1.807, 2.05) is 0 Å². The maximum absolute atomic E-state index is 12.8. The first-order valence-electron chi connectivity index (χ1n) is 4.46. The molecule has 4 heteroatoms. The molecule has 15 heavy (non-hydrogen) atoms. The second kappa shape index (κ2) is 4.13. The van der Waals surface area contributed by atoms with Gasteiger partial charge in [0.1, 0.15) is 11.4 Å². The average Bonchev–Trinajstić information content (AvgIpc) is 2.61. The Kier molecular flexibility index (Phi) is 2.67. The molecule has 0 saturated heterocycles. The van der Waals surface area contributed by atoms with E-state index in [0.29, 0.717) is 12.0 Å². The van der Waals surface area contributed by atoms with Crippen molar-refractivity contribution >= 4 is 17.4 Å². The minimum Gasteiger partial charge on any atom is -0.464 e. The van der Waals surface area contributed by atoms with Gasteiger partial charge in [-0.15, -0.1) is 0 Å². The number of benzene rings is 1. The fourth-order valence-electron chi connectivity index (χ4n) is 1.45. The molecule has 0 bridgehead atoms. The highest BCUT2D eigenvalue weighted by Gasteiger charge is 2.06. The zero-order valence-corrected chi connectivity index (χ0v) is 7.83. The summed E-state index contributed by atoms with van der Waals surface area (Å²) in [6.07, 6.45) is 2.08. The Labute approximate surface area is 85.4 Å². The Morgan fingerprint density at radius 2 is 2.33 bits per heavy atom. The van der Waals surface area contributed by atoms with Crippen LogP contribution >= 0.6 is 0 Å². The Bertz CT molecular complexity index is 476. The van der Waals surface area contributed by atoms with Gasteiger partial charge in [0.2, 0.25) is 0 Å². The van der Waals surface area contributed by atoms with E-state index in [2.05, 4.69) is 4.74 Å². The third kappa shape index (κ3) is 1.98. The summed E-state index contributed by atoms with van der Waals surface area (Å²) in [4.78, 5) is 9.82. The van der Waals surface area contributed by atoms with E-state index in [1.165, 1.54) is 24.9 Å². The Hall–Kier alpha value is -1.84. The van der Waals surface area contributed by atoms with Crippen LogP contribution in [-0.4, -0.2) is 13.1 Å². The first-order chi connectivity index (χ1) is 7.31. The van der Waals surface area contributed by atoms with Gasteiger partial charge in [-0.3, -0.25) is 0 Å². The van der Waals surface area contributed by atoms with Crippen LogP contribution in [0.5, 0.6) is 0 Å². The zero-order valence-electron chi connectivity index (χ0n) is 7.83. The van der Waals surface area contributed by atoms with E-state index in [1.54, 1.807) is 6.07 Å². The summed E-state index contributed by atoms with van der Waals surface area (Å²) in [5.74, 6) is -0.333. The number of carbonyl (C=O) groups excluding carboxylic acids is 1. The lowest BCUT2D eigenvalue weighted by Gasteiger charge is -1.96. The molecule has 0 atom stereocenters. The van der Waals surface area contributed by atoms with Gasteiger partial charge in [-0.05, 0) is 12.1 Å². The van der Waals surface area contributed by atoms with Gasteiger partial charge >= 0.3 is 6.47 Å². The second-order valence-corrected chi connectivity index (χ2v) is 3.08. The molecule has 0 saturated carbocycles. The zero-order chi connectivity index (χ0) is 10.7. The van der Waals surface area contributed by atoms with Crippen LogP contribution in [0.25, 0.3) is 11.0 Å². The van der Waals surface area contributed by atoms with E-state index in [-0.39, 0.29) is 12.4 Å². The molecule has 0 aliphatic rings. The normalized spacial score (nSPS) is 10.5. The summed E-state index contributed by atoms with van der Waals surface area (Å²) in [5, 5.41) is 0.839. The maximum atomic E-state index is 12.8. The molecule has 0 aliphatic carbocycles. The molecule has 1 aromatic carbocycles. The van der Waals surface area contributed by atoms with Crippen molar-refractivity contribution in [3.05, 3.63) is 35.8 Å². The predicted molar refractivity (Wildman–Crippen MR) is 51.5 cm³/mol. The highest BCUT2D eigenvalue weighted by atomic mass is 19.1. The van der Waals surface area contributed by atoms with Gasteiger partial charge < -0.3 is 9.15 Å². The van der Waals surface area contributed by atoms with E-state index in [0.717, 1.165) is 10.9 Å². The van der Waals surface area contributed by atoms with Crippen LogP contribution in [0, 0.1) is 5.82 Å². The third-order valence-corrected chi connectivity index (χ3v) is 2.15. The van der Waals surface area contributed by atoms with Crippen molar-refractivity contribution in [3.8, 4) is 0 Å². The average molecular weight is 207 g/mol. The smallest absolute Gasteiger partial charge is 0.417 e. The summed E-state index contributed by atoms with van der Waals surface area (Å²) in [7, 11) is 0. The van der Waals surface area contributed by atoms with E-state index in [4.69, 9.17) is 4.42 Å². The fraction of sp³-hybridized carbons (Fsp3) is 0.182. The minimum absolute atomic E-state index is 0.246. The van der Waals surface area contributed by atoms with Gasteiger partial charge in [0.05, 0.1) is 12.9 Å². The molecule has 0 fully saturated rings. The summed E-state index contributed by atoms with van der Waals surface area (Å²) >= 11 is 0. The number of hydrogen-bond donors (Lipinski definition) is 0. The van der Waals surface area contributed by atoms with Gasteiger partial charge in [-0.25, -0.2) is 9.18 Å². The first-order valence-corrected chi connectivity index (χ1v) is 4.46. The molecule has 1 heterocycles. The Morgan fingerprint density at radius 3 is 3.13 bits per heavy atom. The molecule has 0 amide bonds. The van der Waals surface area contributed by atoms with Crippen LogP contribution in [-0.2, 0) is 16.0 Å². The van der Waals surface area contributed by atoms with E-state index < -0.39 is 0 Å². The van der Waals surface area contributed by atoms with Crippen molar-refractivity contribution in [2.75, 3.05) is 6.61 Å². The standard InChI is InChI=1S/C11H8FO3/c12-9-1-2-10-8(3-4-14-7-13)6-15-11(10)5-9/h1-2,5-6H,3-4H2. The number of halogens is 1. The van der Waals surface area contributed by atoms with Gasteiger partial charge in [0, 0.05) is 23.4 Å². The Morgan fingerprint density at radius 1 is 1.47 bits per heavy atom. The summed E-state index contributed by atoms with van der Waals surface area (Å²) in [6.45, 7) is 1.59. The lowest BCUT2D eigenvalue weighted by molar-refractivity contribution is 0.281. The first kappa shape index (κ1) is 9.71. The third-order valence-electron chi connectivity index (χ3n) is 2.15. The van der Waals surface area contributed by atoms with Crippen LogP contribution in [0.3, 0.4) is 0 Å². The summed E-state index contributed by atoms with van der Waals surface area (Å²) in [6, 6.07) is 4.34. The summed E-state index contributed by atoms with van der Waals surface area (Å²) < 4.78 is 22.4. The topological polar surface area (TPSA) is 39.4 Å². The van der Waals surface area contributed by atoms with Crippen molar-refractivity contribution in [1.82, 2.24) is 0 Å². The van der Waals surface area contributed by atoms with Gasteiger partial charge in [0.15, 0.2) is 0 Å². The number of hydrogen-bond acceptors (Lipinski definition) is 3. The fourth-order valence-corrected chi connectivity index (χ4v) is 1.45. The highest BCUT2D eigenvalue weighted by molar-refractivity contribution is 5.80. The van der Waals surface area contributed by atoms with Crippen molar-refractivity contribution in [2.24, 2.45) is 0 Å². The second-order valence-electron chi connectivity index (χ2n) is 3.08. The molecule has 2 rings (SSSR count). The molecule has 0 unspecified atom stereocenters. The molecule has 2 aromatic rings. The molecular formula is C11H8FO3. The number of ether oxygens (including phenoxy) is 1. The van der Waals surface area contributed by atoms with Crippen molar-refractivity contribution in [1.29, 1.82) is 0 Å². The molecule has 0 N–H and O–H groups in total.